The molecule has 0 spiro atoms. The van der Waals surface area contributed by atoms with E-state index in [-0.39, 0.29) is 34.9 Å². The average molecular weight is 434 g/mol. The third kappa shape index (κ3) is 5.54. The molecule has 0 heterocycles. The first kappa shape index (κ1) is 23.7. The topological polar surface area (TPSA) is 140 Å². The lowest BCUT2D eigenvalue weighted by Crippen LogP contribution is -2.59. The molecule has 2 rings (SSSR count). The van der Waals surface area contributed by atoms with Crippen molar-refractivity contribution in [2.24, 2.45) is 10.7 Å². The Balaban J connectivity index is 2.27. The van der Waals surface area contributed by atoms with Crippen LogP contribution < -0.4 is 21.5 Å². The molecule has 0 bridgehead atoms. The molecule has 0 fully saturated rings. The molecule has 31 heavy (non-hydrogen) atoms. The Morgan fingerprint density at radius 3 is 2.52 bits per heavy atom. The molecule has 2 aromatic rings. The van der Waals surface area contributed by atoms with Crippen molar-refractivity contribution in [2.75, 3.05) is 19.4 Å². The standard InChI is InChI=1S/C21H24F2N4O4/c1-21(11-28,20(25)30)27-19(29)17(26-2)15-9-13(7-8-16(15)24)31-10-12-5-3-4-6-14(12)18(22)23/h3-9,18,28H,10-11,24H2,1-2H3,(H2,25,30)(H,27,29). The zero-order chi connectivity index (χ0) is 23.2. The number of aliphatic hydroxyl groups is 1. The minimum absolute atomic E-state index is 0.126. The zero-order valence-electron chi connectivity index (χ0n) is 17.1. The van der Waals surface area contributed by atoms with Crippen molar-refractivity contribution in [3.05, 3.63) is 59.2 Å². The van der Waals surface area contributed by atoms with Gasteiger partial charge in [0.1, 0.15) is 23.6 Å². The molecule has 0 saturated heterocycles. The van der Waals surface area contributed by atoms with E-state index in [9.17, 15) is 23.5 Å². The van der Waals surface area contributed by atoms with E-state index in [1.54, 1.807) is 6.07 Å². The largest absolute Gasteiger partial charge is 0.489 e. The second kappa shape index (κ2) is 9.98. The van der Waals surface area contributed by atoms with Gasteiger partial charge in [-0.25, -0.2) is 8.78 Å². The van der Waals surface area contributed by atoms with Crippen LogP contribution in [-0.4, -0.2) is 41.8 Å². The first-order valence-corrected chi connectivity index (χ1v) is 9.21. The Morgan fingerprint density at radius 1 is 1.26 bits per heavy atom. The van der Waals surface area contributed by atoms with Crippen molar-refractivity contribution in [1.29, 1.82) is 0 Å². The number of nitrogens with zero attached hydrogens (tertiary/aromatic N) is 1. The summed E-state index contributed by atoms with van der Waals surface area (Å²) < 4.78 is 31.9. The van der Waals surface area contributed by atoms with Crippen molar-refractivity contribution in [2.45, 2.75) is 25.5 Å². The van der Waals surface area contributed by atoms with E-state index in [2.05, 4.69) is 10.3 Å². The highest BCUT2D eigenvalue weighted by molar-refractivity contribution is 6.46. The Labute approximate surface area is 177 Å². The summed E-state index contributed by atoms with van der Waals surface area (Å²) in [5, 5.41) is 11.8. The van der Waals surface area contributed by atoms with Gasteiger partial charge in [0, 0.05) is 23.9 Å². The number of rotatable bonds is 9. The van der Waals surface area contributed by atoms with Crippen LogP contribution >= 0.6 is 0 Å². The predicted molar refractivity (Wildman–Crippen MR) is 112 cm³/mol. The molecule has 1 atom stereocenters. The average Bonchev–Trinajstić information content (AvgIpc) is 2.74. The number of benzene rings is 2. The minimum Gasteiger partial charge on any atom is -0.489 e. The van der Waals surface area contributed by atoms with Gasteiger partial charge in [-0.1, -0.05) is 24.3 Å². The minimum atomic E-state index is -2.64. The van der Waals surface area contributed by atoms with E-state index in [1.807, 2.05) is 0 Å². The molecule has 1 unspecified atom stereocenters. The van der Waals surface area contributed by atoms with Gasteiger partial charge in [0.15, 0.2) is 0 Å². The molecular weight excluding hydrogens is 410 g/mol. The number of amides is 2. The number of carbonyl (C=O) groups is 2. The van der Waals surface area contributed by atoms with E-state index in [4.69, 9.17) is 16.2 Å². The Kier molecular flexibility index (Phi) is 7.65. The van der Waals surface area contributed by atoms with Crippen LogP contribution in [0.4, 0.5) is 14.5 Å². The first-order valence-electron chi connectivity index (χ1n) is 9.21. The van der Waals surface area contributed by atoms with Crippen LogP contribution in [0.15, 0.2) is 47.5 Å². The molecule has 6 N–H and O–H groups in total. The van der Waals surface area contributed by atoms with Crippen LogP contribution in [0.3, 0.4) is 0 Å². The van der Waals surface area contributed by atoms with Gasteiger partial charge >= 0.3 is 0 Å². The quantitative estimate of drug-likeness (QED) is 0.350. The number of primary amides is 1. The van der Waals surface area contributed by atoms with Gasteiger partial charge in [-0.15, -0.1) is 0 Å². The maximum absolute atomic E-state index is 13.1. The number of nitrogens with two attached hydrogens (primary N) is 2. The zero-order valence-corrected chi connectivity index (χ0v) is 17.1. The van der Waals surface area contributed by atoms with Gasteiger partial charge < -0.3 is 26.6 Å². The Hall–Kier alpha value is -3.53. The van der Waals surface area contributed by atoms with Gasteiger partial charge in [-0.3, -0.25) is 14.6 Å². The number of nitrogen functional groups attached to an aromatic ring is 1. The molecule has 2 amide bonds. The van der Waals surface area contributed by atoms with Gasteiger partial charge in [-0.05, 0) is 30.7 Å². The van der Waals surface area contributed by atoms with Crippen LogP contribution in [0.2, 0.25) is 0 Å². The second-order valence-electron chi connectivity index (χ2n) is 6.92. The van der Waals surface area contributed by atoms with Crippen molar-refractivity contribution in [1.82, 2.24) is 5.32 Å². The second-order valence-corrected chi connectivity index (χ2v) is 6.92. The molecule has 0 saturated carbocycles. The van der Waals surface area contributed by atoms with E-state index in [1.165, 1.54) is 50.4 Å². The fraction of sp³-hybridized carbons (Fsp3) is 0.286. The number of carbonyl (C=O) groups excluding carboxylic acids is 2. The fourth-order valence-electron chi connectivity index (χ4n) is 2.70. The van der Waals surface area contributed by atoms with Gasteiger partial charge in [0.2, 0.25) is 5.91 Å². The lowest BCUT2D eigenvalue weighted by atomic mass is 10.0. The van der Waals surface area contributed by atoms with Gasteiger partial charge in [-0.2, -0.15) is 0 Å². The summed E-state index contributed by atoms with van der Waals surface area (Å²) in [6, 6.07) is 10.4. The molecular formula is C21H24F2N4O4. The number of hydrogen-bond acceptors (Lipinski definition) is 6. The third-order valence-corrected chi connectivity index (χ3v) is 4.65. The highest BCUT2D eigenvalue weighted by Gasteiger charge is 2.34. The summed E-state index contributed by atoms with van der Waals surface area (Å²) in [5.41, 5.74) is 9.96. The number of hydrogen-bond donors (Lipinski definition) is 4. The number of nitrogens with one attached hydrogen (secondary N) is 1. The van der Waals surface area contributed by atoms with Crippen molar-refractivity contribution in [3.63, 3.8) is 0 Å². The van der Waals surface area contributed by atoms with Crippen molar-refractivity contribution < 1.29 is 28.2 Å². The van der Waals surface area contributed by atoms with E-state index in [0.29, 0.717) is 5.56 Å². The monoisotopic (exact) mass is 434 g/mol. The number of alkyl halides is 2. The van der Waals surface area contributed by atoms with Crippen LogP contribution in [0.25, 0.3) is 0 Å². The number of ether oxygens (including phenoxy) is 1. The predicted octanol–water partition coefficient (Wildman–Crippen LogP) is 1.56. The summed E-state index contributed by atoms with van der Waals surface area (Å²) >= 11 is 0. The number of halogens is 2. The summed E-state index contributed by atoms with van der Waals surface area (Å²) in [7, 11) is 1.35. The molecule has 0 aliphatic heterocycles. The van der Waals surface area contributed by atoms with Crippen LogP contribution in [0, 0.1) is 0 Å². The van der Waals surface area contributed by atoms with E-state index >= 15 is 0 Å². The summed E-state index contributed by atoms with van der Waals surface area (Å²) in [5.74, 6) is -1.45. The molecule has 2 aromatic carbocycles. The Morgan fingerprint density at radius 2 is 1.94 bits per heavy atom. The molecule has 0 radical (unpaired) electrons. The van der Waals surface area contributed by atoms with E-state index < -0.39 is 30.4 Å². The van der Waals surface area contributed by atoms with Crippen LogP contribution in [0.1, 0.15) is 30.0 Å². The van der Waals surface area contributed by atoms with Crippen LogP contribution in [0.5, 0.6) is 5.75 Å². The van der Waals surface area contributed by atoms with Gasteiger partial charge in [0.05, 0.1) is 6.61 Å². The summed E-state index contributed by atoms with van der Waals surface area (Å²) in [4.78, 5) is 28.2. The number of aliphatic imine (C=N–C) groups is 1. The fourth-order valence-corrected chi connectivity index (χ4v) is 2.70. The smallest absolute Gasteiger partial charge is 0.271 e. The highest BCUT2D eigenvalue weighted by atomic mass is 19.3. The maximum Gasteiger partial charge on any atom is 0.271 e. The summed E-state index contributed by atoms with van der Waals surface area (Å²) in [6.07, 6.45) is -2.64. The molecule has 0 aliphatic carbocycles. The normalized spacial score (nSPS) is 13.5. The molecule has 166 valence electrons. The van der Waals surface area contributed by atoms with E-state index in [0.717, 1.165) is 0 Å². The maximum atomic E-state index is 13.1. The van der Waals surface area contributed by atoms with Crippen molar-refractivity contribution in [3.8, 4) is 5.75 Å². The van der Waals surface area contributed by atoms with Gasteiger partial charge in [0.25, 0.3) is 12.3 Å². The molecule has 8 nitrogen and oxygen atoms in total. The molecule has 10 heteroatoms. The number of anilines is 1. The first-order chi connectivity index (χ1) is 14.6. The number of aliphatic hydroxyl groups excluding tert-OH is 1. The Bertz CT molecular complexity index is 997. The lowest BCUT2D eigenvalue weighted by Gasteiger charge is -2.25. The van der Waals surface area contributed by atoms with Crippen molar-refractivity contribution >= 4 is 23.2 Å². The molecule has 0 aliphatic rings. The lowest BCUT2D eigenvalue weighted by molar-refractivity contribution is -0.129. The summed E-state index contributed by atoms with van der Waals surface area (Å²) in [6.45, 7) is 0.427. The SMILES string of the molecule is CN=C(C(=O)NC(C)(CO)C(N)=O)c1cc(OCc2ccccc2C(F)F)ccc1N. The third-order valence-electron chi connectivity index (χ3n) is 4.65. The van der Waals surface area contributed by atoms with Crippen LogP contribution in [-0.2, 0) is 16.2 Å². The highest BCUT2D eigenvalue weighted by Crippen LogP contribution is 2.26. The molecule has 0 aromatic heterocycles.